The van der Waals surface area contributed by atoms with Crippen molar-refractivity contribution in [1.82, 2.24) is 25.4 Å². The third kappa shape index (κ3) is 7.14. The number of aliphatic hydroxyl groups excluding tert-OH is 1. The van der Waals surface area contributed by atoms with Crippen molar-refractivity contribution in [3.05, 3.63) is 81.9 Å². The van der Waals surface area contributed by atoms with Crippen molar-refractivity contribution >= 4 is 40.8 Å². The summed E-state index contributed by atoms with van der Waals surface area (Å²) in [7, 11) is 1.37. The minimum atomic E-state index is -0.721. The second-order valence-electron chi connectivity index (χ2n) is 12.2. The van der Waals surface area contributed by atoms with Gasteiger partial charge in [0.1, 0.15) is 11.5 Å². The molecule has 2 fully saturated rings. The molecule has 0 saturated carbocycles. The number of carbonyl (C=O) groups excluding carboxylic acids is 3. The highest BCUT2D eigenvalue weighted by Crippen LogP contribution is 2.30. The zero-order chi connectivity index (χ0) is 33.1. The van der Waals surface area contributed by atoms with Crippen molar-refractivity contribution in [3.63, 3.8) is 0 Å². The SMILES string of the molecule is COC(=O)C1=C(CN2CCN3C(=O)N(c4ccc(Oc5ccc(C(=O)NC(C)(C)CO)cc5)cc4)C[C@@H]3C2)NC(c2nccs2)=NC1. The van der Waals surface area contributed by atoms with Gasteiger partial charge in [0.25, 0.3) is 5.91 Å². The molecule has 1 atom stereocenters. The van der Waals surface area contributed by atoms with E-state index >= 15 is 0 Å². The van der Waals surface area contributed by atoms with Crippen LogP contribution in [0.5, 0.6) is 11.5 Å². The Morgan fingerprint density at radius 1 is 1.09 bits per heavy atom. The fourth-order valence-corrected chi connectivity index (χ4v) is 6.30. The van der Waals surface area contributed by atoms with Gasteiger partial charge < -0.3 is 30.1 Å². The number of hydrogen-bond donors (Lipinski definition) is 3. The summed E-state index contributed by atoms with van der Waals surface area (Å²) in [5, 5.41) is 18.1. The summed E-state index contributed by atoms with van der Waals surface area (Å²) < 4.78 is 11.0. The van der Waals surface area contributed by atoms with E-state index in [1.807, 2.05) is 34.5 Å². The average molecular weight is 660 g/mol. The van der Waals surface area contributed by atoms with Gasteiger partial charge in [0, 0.05) is 61.2 Å². The smallest absolute Gasteiger partial charge is 0.337 e. The first kappa shape index (κ1) is 32.2. The highest BCUT2D eigenvalue weighted by molar-refractivity contribution is 7.11. The number of rotatable bonds is 10. The summed E-state index contributed by atoms with van der Waals surface area (Å²) in [5.41, 5.74) is 1.75. The van der Waals surface area contributed by atoms with E-state index in [4.69, 9.17) is 9.47 Å². The molecule has 3 N–H and O–H groups in total. The van der Waals surface area contributed by atoms with Crippen LogP contribution in [0.15, 0.2) is 76.4 Å². The highest BCUT2D eigenvalue weighted by Gasteiger charge is 2.41. The number of aromatic nitrogens is 1. The number of ether oxygens (including phenoxy) is 2. The molecule has 13 nitrogen and oxygen atoms in total. The van der Waals surface area contributed by atoms with Gasteiger partial charge in [-0.05, 0) is 62.4 Å². The Bertz CT molecular complexity index is 1690. The average Bonchev–Trinajstić information content (AvgIpc) is 3.73. The van der Waals surface area contributed by atoms with Gasteiger partial charge in [0.15, 0.2) is 10.8 Å². The molecular weight excluding hydrogens is 622 g/mol. The van der Waals surface area contributed by atoms with Crippen LogP contribution in [-0.4, -0.2) is 108 Å². The number of nitrogens with zero attached hydrogens (tertiary/aromatic N) is 5. The third-order valence-electron chi connectivity index (χ3n) is 8.26. The Balaban J connectivity index is 1.06. The Morgan fingerprint density at radius 3 is 2.47 bits per heavy atom. The Morgan fingerprint density at radius 2 is 1.81 bits per heavy atom. The van der Waals surface area contributed by atoms with Crippen LogP contribution in [0.1, 0.15) is 29.2 Å². The van der Waals surface area contributed by atoms with Crippen molar-refractivity contribution in [2.24, 2.45) is 4.99 Å². The van der Waals surface area contributed by atoms with Crippen molar-refractivity contribution in [2.45, 2.75) is 25.4 Å². The molecule has 246 valence electrons. The maximum absolute atomic E-state index is 13.4. The molecule has 4 heterocycles. The monoisotopic (exact) mass is 659 g/mol. The van der Waals surface area contributed by atoms with Gasteiger partial charge in [0.2, 0.25) is 0 Å². The van der Waals surface area contributed by atoms with E-state index in [0.29, 0.717) is 61.2 Å². The number of nitrogens with one attached hydrogen (secondary N) is 2. The van der Waals surface area contributed by atoms with E-state index in [-0.39, 0.29) is 31.1 Å². The number of hydrogen-bond acceptors (Lipinski definition) is 11. The maximum Gasteiger partial charge on any atom is 0.337 e. The second kappa shape index (κ2) is 13.5. The number of thiazole rings is 1. The Hall–Kier alpha value is -4.79. The van der Waals surface area contributed by atoms with Crippen LogP contribution in [0.4, 0.5) is 10.5 Å². The predicted molar refractivity (Wildman–Crippen MR) is 177 cm³/mol. The normalized spacial score (nSPS) is 18.4. The molecule has 3 aliphatic rings. The van der Waals surface area contributed by atoms with Crippen LogP contribution in [0.3, 0.4) is 0 Å². The van der Waals surface area contributed by atoms with Crippen LogP contribution < -0.4 is 20.3 Å². The molecule has 0 bridgehead atoms. The van der Waals surface area contributed by atoms with E-state index in [1.54, 1.807) is 49.2 Å². The Kier molecular flexibility index (Phi) is 9.25. The zero-order valence-electron chi connectivity index (χ0n) is 26.4. The number of piperazine rings is 1. The van der Waals surface area contributed by atoms with E-state index in [1.165, 1.54) is 18.4 Å². The topological polar surface area (TPSA) is 149 Å². The first-order valence-corrected chi connectivity index (χ1v) is 16.2. The van der Waals surface area contributed by atoms with Gasteiger partial charge in [-0.25, -0.2) is 14.6 Å². The van der Waals surface area contributed by atoms with Crippen LogP contribution in [0.25, 0.3) is 0 Å². The number of urea groups is 1. The lowest BCUT2D eigenvalue weighted by atomic mass is 10.1. The number of esters is 1. The molecule has 14 heteroatoms. The molecule has 3 amide bonds. The van der Waals surface area contributed by atoms with Crippen molar-refractivity contribution in [2.75, 3.05) is 57.9 Å². The lowest BCUT2D eigenvalue weighted by molar-refractivity contribution is -0.136. The van der Waals surface area contributed by atoms with Crippen LogP contribution in [-0.2, 0) is 9.53 Å². The van der Waals surface area contributed by atoms with Crippen LogP contribution in [0, 0.1) is 0 Å². The lowest BCUT2D eigenvalue weighted by Gasteiger charge is -2.37. The molecule has 0 unspecified atom stereocenters. The minimum absolute atomic E-state index is 0.0105. The number of aliphatic imine (C=N–C) groups is 1. The van der Waals surface area contributed by atoms with Gasteiger partial charge in [-0.1, -0.05) is 0 Å². The number of anilines is 1. The highest BCUT2D eigenvalue weighted by atomic mass is 32.1. The number of amidine groups is 1. The largest absolute Gasteiger partial charge is 0.466 e. The van der Waals surface area contributed by atoms with E-state index < -0.39 is 11.5 Å². The summed E-state index contributed by atoms with van der Waals surface area (Å²) in [6.45, 7) is 6.44. The second-order valence-corrected chi connectivity index (χ2v) is 13.1. The molecule has 3 aromatic rings. The maximum atomic E-state index is 13.4. The Labute approximate surface area is 276 Å². The lowest BCUT2D eigenvalue weighted by Crippen LogP contribution is -2.53. The number of carbonyl (C=O) groups is 3. The third-order valence-corrected chi connectivity index (χ3v) is 9.04. The fourth-order valence-electron chi connectivity index (χ4n) is 5.70. The quantitative estimate of drug-likeness (QED) is 0.280. The van der Waals surface area contributed by atoms with Gasteiger partial charge in [-0.15, -0.1) is 11.3 Å². The van der Waals surface area contributed by atoms with Crippen molar-refractivity contribution < 1.29 is 29.0 Å². The summed E-state index contributed by atoms with van der Waals surface area (Å²) in [4.78, 5) is 53.2. The molecule has 47 heavy (non-hydrogen) atoms. The predicted octanol–water partition coefficient (Wildman–Crippen LogP) is 2.84. The number of amides is 3. The summed E-state index contributed by atoms with van der Waals surface area (Å²) >= 11 is 1.47. The number of fused-ring (bicyclic) bond motifs is 1. The van der Waals surface area contributed by atoms with Gasteiger partial charge in [-0.3, -0.25) is 19.6 Å². The number of methoxy groups -OCH3 is 1. The first-order chi connectivity index (χ1) is 22.6. The minimum Gasteiger partial charge on any atom is -0.466 e. The fraction of sp³-hybridized carbons (Fsp3) is 0.364. The van der Waals surface area contributed by atoms with Gasteiger partial charge >= 0.3 is 12.0 Å². The molecule has 0 aliphatic carbocycles. The van der Waals surface area contributed by atoms with E-state index in [9.17, 15) is 19.5 Å². The molecule has 1 aromatic heterocycles. The van der Waals surface area contributed by atoms with Crippen LogP contribution in [0.2, 0.25) is 0 Å². The standard InChI is InChI=1S/C33H37N7O6S/c1-33(2,20-41)37-29(42)21-4-8-24(9-5-21)46-25-10-6-22(7-11-25)40-18-23-17-38(13-14-39(23)32(40)44)19-27-26(31(43)45-3)16-35-28(36-27)30-34-12-15-47-30/h4-12,15,23,41H,13-14,16-20H2,1-3H3,(H,35,36)(H,37,42)/t23-/m0/s1. The van der Waals surface area contributed by atoms with Crippen LogP contribution >= 0.6 is 11.3 Å². The number of benzene rings is 2. The molecule has 6 rings (SSSR count). The van der Waals surface area contributed by atoms with Crippen molar-refractivity contribution in [3.8, 4) is 11.5 Å². The molecule has 2 aromatic carbocycles. The zero-order valence-corrected chi connectivity index (χ0v) is 27.2. The summed E-state index contributed by atoms with van der Waals surface area (Å²) in [5.74, 6) is 1.11. The molecule has 2 saturated heterocycles. The summed E-state index contributed by atoms with van der Waals surface area (Å²) in [6, 6.07) is 14.1. The summed E-state index contributed by atoms with van der Waals surface area (Å²) in [6.07, 6.45) is 1.72. The van der Waals surface area contributed by atoms with Gasteiger partial charge in [-0.2, -0.15) is 0 Å². The molecule has 3 aliphatic heterocycles. The molecular formula is C33H37N7O6S. The molecule has 0 radical (unpaired) electrons. The number of aliphatic hydroxyl groups is 1. The molecule has 0 spiro atoms. The van der Waals surface area contributed by atoms with Crippen molar-refractivity contribution in [1.29, 1.82) is 0 Å². The van der Waals surface area contributed by atoms with E-state index in [0.717, 1.165) is 16.4 Å². The van der Waals surface area contributed by atoms with Gasteiger partial charge in [0.05, 0.1) is 37.4 Å². The first-order valence-electron chi connectivity index (χ1n) is 15.3. The van der Waals surface area contributed by atoms with E-state index in [2.05, 4.69) is 25.5 Å².